The SMILES string of the molecule is CCc1cc2c(cc1O)CCC1C2CCC2(C)C(NCc3ccco3)CCC12. The van der Waals surface area contributed by atoms with E-state index < -0.39 is 0 Å². The lowest BCUT2D eigenvalue weighted by Gasteiger charge is -2.51. The van der Waals surface area contributed by atoms with Gasteiger partial charge in [-0.25, -0.2) is 0 Å². The van der Waals surface area contributed by atoms with E-state index in [1.807, 2.05) is 6.07 Å². The van der Waals surface area contributed by atoms with Crippen molar-refractivity contribution in [1.29, 1.82) is 0 Å². The van der Waals surface area contributed by atoms with Crippen LogP contribution < -0.4 is 5.32 Å². The summed E-state index contributed by atoms with van der Waals surface area (Å²) in [4.78, 5) is 0. The molecule has 0 spiro atoms. The largest absolute Gasteiger partial charge is 0.508 e. The number of benzene rings is 1. The molecule has 1 heterocycles. The first-order valence-electron chi connectivity index (χ1n) is 11.2. The first kappa shape index (κ1) is 18.3. The molecule has 3 nitrogen and oxygen atoms in total. The summed E-state index contributed by atoms with van der Waals surface area (Å²) in [5.74, 6) is 3.85. The molecule has 3 aliphatic carbocycles. The van der Waals surface area contributed by atoms with Gasteiger partial charge in [-0.15, -0.1) is 0 Å². The molecule has 2 saturated carbocycles. The molecule has 5 unspecified atom stereocenters. The van der Waals surface area contributed by atoms with Crippen LogP contribution in [0.5, 0.6) is 5.75 Å². The minimum absolute atomic E-state index is 0.399. The van der Waals surface area contributed by atoms with E-state index in [0.717, 1.165) is 42.5 Å². The first-order valence-corrected chi connectivity index (χ1v) is 11.2. The van der Waals surface area contributed by atoms with Crippen LogP contribution >= 0.6 is 0 Å². The molecule has 0 saturated heterocycles. The van der Waals surface area contributed by atoms with Gasteiger partial charge in [-0.2, -0.15) is 0 Å². The Morgan fingerprint density at radius 3 is 2.89 bits per heavy atom. The number of fused-ring (bicyclic) bond motifs is 5. The summed E-state index contributed by atoms with van der Waals surface area (Å²) in [6.45, 7) is 5.53. The molecule has 1 aromatic carbocycles. The van der Waals surface area contributed by atoms with Crippen molar-refractivity contribution in [3.8, 4) is 5.75 Å². The number of hydrogen-bond donors (Lipinski definition) is 2. The van der Waals surface area contributed by atoms with Crippen LogP contribution in [0.3, 0.4) is 0 Å². The number of rotatable bonds is 4. The maximum Gasteiger partial charge on any atom is 0.119 e. The highest BCUT2D eigenvalue weighted by molar-refractivity contribution is 5.45. The third-order valence-electron chi connectivity index (χ3n) is 8.41. The molecule has 0 amide bonds. The van der Waals surface area contributed by atoms with Gasteiger partial charge >= 0.3 is 0 Å². The molecule has 5 atom stereocenters. The number of phenols is 1. The fraction of sp³-hybridized carbons (Fsp3) is 0.600. The molecule has 0 radical (unpaired) electrons. The maximum atomic E-state index is 10.3. The van der Waals surface area contributed by atoms with Gasteiger partial charge in [0.05, 0.1) is 12.8 Å². The number of furan rings is 1. The van der Waals surface area contributed by atoms with Gasteiger partial charge in [-0.1, -0.05) is 19.9 Å². The Morgan fingerprint density at radius 1 is 1.21 bits per heavy atom. The van der Waals surface area contributed by atoms with Crippen LogP contribution in [0, 0.1) is 17.3 Å². The van der Waals surface area contributed by atoms with Gasteiger partial charge in [0.25, 0.3) is 0 Å². The van der Waals surface area contributed by atoms with Crippen molar-refractivity contribution in [2.24, 2.45) is 17.3 Å². The predicted molar refractivity (Wildman–Crippen MR) is 111 cm³/mol. The molecule has 0 bridgehead atoms. The molecular weight excluding hydrogens is 346 g/mol. The Bertz CT molecular complexity index is 842. The van der Waals surface area contributed by atoms with E-state index in [4.69, 9.17) is 4.42 Å². The third-order valence-corrected chi connectivity index (χ3v) is 8.41. The van der Waals surface area contributed by atoms with Crippen molar-refractivity contribution in [3.63, 3.8) is 0 Å². The summed E-state index contributed by atoms with van der Waals surface area (Å²) in [5, 5.41) is 14.1. The lowest BCUT2D eigenvalue weighted by atomic mass is 9.55. The van der Waals surface area contributed by atoms with Gasteiger partial charge < -0.3 is 14.8 Å². The van der Waals surface area contributed by atoms with E-state index >= 15 is 0 Å². The van der Waals surface area contributed by atoms with Crippen molar-refractivity contribution >= 4 is 0 Å². The summed E-state index contributed by atoms with van der Waals surface area (Å²) >= 11 is 0. The van der Waals surface area contributed by atoms with Crippen LogP contribution in [-0.4, -0.2) is 11.1 Å². The van der Waals surface area contributed by atoms with Gasteiger partial charge in [0, 0.05) is 6.04 Å². The highest BCUT2D eigenvalue weighted by atomic mass is 16.3. The Kier molecular flexibility index (Phi) is 4.54. The number of aromatic hydroxyl groups is 1. The van der Waals surface area contributed by atoms with Gasteiger partial charge in [-0.05, 0) is 103 Å². The van der Waals surface area contributed by atoms with Crippen molar-refractivity contribution in [1.82, 2.24) is 5.32 Å². The fourth-order valence-corrected chi connectivity index (χ4v) is 6.91. The van der Waals surface area contributed by atoms with Crippen LogP contribution in [0.25, 0.3) is 0 Å². The van der Waals surface area contributed by atoms with Gasteiger partial charge in [0.1, 0.15) is 11.5 Å². The second-order valence-electron chi connectivity index (χ2n) is 9.58. The van der Waals surface area contributed by atoms with Crippen molar-refractivity contribution in [2.45, 2.75) is 77.3 Å². The number of phenolic OH excluding ortho intramolecular Hbond substituents is 1. The van der Waals surface area contributed by atoms with Crippen LogP contribution in [0.15, 0.2) is 34.9 Å². The number of nitrogens with one attached hydrogen (secondary N) is 1. The monoisotopic (exact) mass is 379 g/mol. The second kappa shape index (κ2) is 6.95. The van der Waals surface area contributed by atoms with E-state index in [-0.39, 0.29) is 0 Å². The topological polar surface area (TPSA) is 45.4 Å². The van der Waals surface area contributed by atoms with Crippen LogP contribution in [0.4, 0.5) is 0 Å². The molecule has 3 aliphatic rings. The lowest BCUT2D eigenvalue weighted by Crippen LogP contribution is -2.48. The zero-order chi connectivity index (χ0) is 19.3. The van der Waals surface area contributed by atoms with E-state index in [1.165, 1.54) is 37.7 Å². The molecule has 2 fully saturated rings. The highest BCUT2D eigenvalue weighted by Gasteiger charge is 2.54. The van der Waals surface area contributed by atoms with Crippen molar-refractivity contribution < 1.29 is 9.52 Å². The molecule has 28 heavy (non-hydrogen) atoms. The number of aryl methyl sites for hydroxylation is 2. The lowest BCUT2D eigenvalue weighted by molar-refractivity contribution is 0.0404. The molecular formula is C25H33NO2. The van der Waals surface area contributed by atoms with Crippen molar-refractivity contribution in [2.75, 3.05) is 0 Å². The van der Waals surface area contributed by atoms with Gasteiger partial charge in [0.2, 0.25) is 0 Å². The normalized spacial score (nSPS) is 33.9. The number of hydrogen-bond acceptors (Lipinski definition) is 3. The van der Waals surface area contributed by atoms with Crippen LogP contribution in [0.1, 0.15) is 74.3 Å². The summed E-state index contributed by atoms with van der Waals surface area (Å²) < 4.78 is 5.54. The minimum atomic E-state index is 0.399. The van der Waals surface area contributed by atoms with Gasteiger partial charge in [-0.3, -0.25) is 0 Å². The molecule has 150 valence electrons. The third kappa shape index (κ3) is 2.82. The predicted octanol–water partition coefficient (Wildman–Crippen LogP) is 5.56. The molecule has 3 heteroatoms. The van der Waals surface area contributed by atoms with E-state index in [9.17, 15) is 5.11 Å². The average Bonchev–Trinajstić information content (AvgIpc) is 3.32. The summed E-state index contributed by atoms with van der Waals surface area (Å²) in [5.41, 5.74) is 4.48. The summed E-state index contributed by atoms with van der Waals surface area (Å²) in [7, 11) is 0. The highest BCUT2D eigenvalue weighted by Crippen LogP contribution is 2.61. The first-order chi connectivity index (χ1) is 13.6. The smallest absolute Gasteiger partial charge is 0.119 e. The average molecular weight is 380 g/mol. The van der Waals surface area contributed by atoms with Crippen LogP contribution in [-0.2, 0) is 19.4 Å². The quantitative estimate of drug-likeness (QED) is 0.731. The Labute approximate surface area is 168 Å². The molecule has 0 aliphatic heterocycles. The molecule has 1 aromatic heterocycles. The summed E-state index contributed by atoms with van der Waals surface area (Å²) in [6, 6.07) is 9.04. The zero-order valence-corrected chi connectivity index (χ0v) is 17.2. The Balaban J connectivity index is 1.37. The van der Waals surface area contributed by atoms with E-state index in [2.05, 4.69) is 37.4 Å². The zero-order valence-electron chi connectivity index (χ0n) is 17.2. The van der Waals surface area contributed by atoms with Crippen LogP contribution in [0.2, 0.25) is 0 Å². The molecule has 2 N–H and O–H groups in total. The van der Waals surface area contributed by atoms with Gasteiger partial charge in [0.15, 0.2) is 0 Å². The summed E-state index contributed by atoms with van der Waals surface area (Å²) in [6.07, 6.45) is 10.3. The molecule has 5 rings (SSSR count). The maximum absolute atomic E-state index is 10.3. The fourth-order valence-electron chi connectivity index (χ4n) is 6.91. The standard InChI is InChI=1S/C25H33NO2/c1-3-16-13-21-17(14-23(16)27)6-7-20-19(21)10-11-25(2)22(20)8-9-24(25)26-15-18-5-4-12-28-18/h4-5,12-14,19-20,22,24,26-27H,3,6-11,15H2,1-2H3. The Morgan fingerprint density at radius 2 is 2.11 bits per heavy atom. The van der Waals surface area contributed by atoms with Crippen molar-refractivity contribution in [3.05, 3.63) is 53.0 Å². The molecule has 2 aromatic rings. The Hall–Kier alpha value is -1.74. The van der Waals surface area contributed by atoms with E-state index in [0.29, 0.717) is 23.1 Å². The second-order valence-corrected chi connectivity index (χ2v) is 9.58. The minimum Gasteiger partial charge on any atom is -0.508 e. The van der Waals surface area contributed by atoms with E-state index in [1.54, 1.807) is 11.8 Å².